The fraction of sp³-hybridized carbons (Fsp3) is 0.588. The highest BCUT2D eigenvalue weighted by atomic mass is 16.7. The van der Waals surface area contributed by atoms with Gasteiger partial charge < -0.3 is 18.8 Å². The van der Waals surface area contributed by atoms with Crippen molar-refractivity contribution < 1.29 is 23.6 Å². The maximum atomic E-state index is 11.8. The number of ether oxygens (including phenoxy) is 2. The van der Waals surface area contributed by atoms with Gasteiger partial charge in [-0.2, -0.15) is 0 Å². The van der Waals surface area contributed by atoms with Crippen molar-refractivity contribution in [2.24, 2.45) is 0 Å². The zero-order valence-electron chi connectivity index (χ0n) is 14.7. The van der Waals surface area contributed by atoms with Gasteiger partial charge in [-0.05, 0) is 45.4 Å². The van der Waals surface area contributed by atoms with E-state index in [2.05, 4.69) is 0 Å². The maximum absolute atomic E-state index is 11.8. The first-order valence-electron chi connectivity index (χ1n) is 7.76. The molecule has 1 aromatic carbocycles. The summed E-state index contributed by atoms with van der Waals surface area (Å²) in [4.78, 5) is 11.8. The lowest BCUT2D eigenvalue weighted by Gasteiger charge is -2.32. The molecular formula is C17H25BO5. The highest BCUT2D eigenvalue weighted by Gasteiger charge is 2.54. The number of methoxy groups -OCH3 is 2. The van der Waals surface area contributed by atoms with Crippen LogP contribution in [-0.4, -0.2) is 38.5 Å². The van der Waals surface area contributed by atoms with Crippen LogP contribution in [0.25, 0.3) is 0 Å². The SMILES string of the molecule is COC(=O)CC(B1OC(C)(C)C(C)(C)O1)c1ccc(OC)cc1. The summed E-state index contributed by atoms with van der Waals surface area (Å²) < 4.78 is 22.3. The number of carbonyl (C=O) groups excluding carboxylic acids is 1. The molecule has 0 amide bonds. The second-order valence-electron chi connectivity index (χ2n) is 6.78. The average molecular weight is 320 g/mol. The van der Waals surface area contributed by atoms with E-state index < -0.39 is 18.3 Å². The Balaban J connectivity index is 2.29. The van der Waals surface area contributed by atoms with Gasteiger partial charge in [-0.3, -0.25) is 4.79 Å². The van der Waals surface area contributed by atoms with Crippen molar-refractivity contribution in [3.63, 3.8) is 0 Å². The highest BCUT2D eigenvalue weighted by Crippen LogP contribution is 2.42. The van der Waals surface area contributed by atoms with E-state index in [9.17, 15) is 4.79 Å². The number of esters is 1. The number of rotatable bonds is 5. The normalized spacial score (nSPS) is 20.2. The average Bonchev–Trinajstić information content (AvgIpc) is 2.72. The van der Waals surface area contributed by atoms with Gasteiger partial charge in [-0.1, -0.05) is 12.1 Å². The molecule has 1 heterocycles. The smallest absolute Gasteiger partial charge is 0.466 e. The lowest BCUT2D eigenvalue weighted by molar-refractivity contribution is -0.140. The summed E-state index contributed by atoms with van der Waals surface area (Å²) >= 11 is 0. The zero-order valence-corrected chi connectivity index (χ0v) is 14.7. The largest absolute Gasteiger partial charge is 0.497 e. The molecule has 0 radical (unpaired) electrons. The third-order valence-corrected chi connectivity index (χ3v) is 4.76. The van der Waals surface area contributed by atoms with Gasteiger partial charge in [-0.15, -0.1) is 0 Å². The molecule has 0 spiro atoms. The van der Waals surface area contributed by atoms with Crippen molar-refractivity contribution in [3.8, 4) is 5.75 Å². The minimum atomic E-state index is -0.507. The number of hydrogen-bond acceptors (Lipinski definition) is 5. The fourth-order valence-electron chi connectivity index (χ4n) is 2.54. The molecule has 1 fully saturated rings. The van der Waals surface area contributed by atoms with Crippen LogP contribution in [0.15, 0.2) is 24.3 Å². The van der Waals surface area contributed by atoms with E-state index in [0.29, 0.717) is 0 Å². The predicted octanol–water partition coefficient (Wildman–Crippen LogP) is 2.97. The molecule has 0 aliphatic carbocycles. The third-order valence-electron chi connectivity index (χ3n) is 4.76. The second kappa shape index (κ2) is 6.53. The molecule has 1 saturated heterocycles. The van der Waals surface area contributed by atoms with Gasteiger partial charge in [0.1, 0.15) is 5.75 Å². The van der Waals surface area contributed by atoms with Gasteiger partial charge in [0.2, 0.25) is 0 Å². The Morgan fingerprint density at radius 2 is 1.61 bits per heavy atom. The van der Waals surface area contributed by atoms with E-state index >= 15 is 0 Å². The summed E-state index contributed by atoms with van der Waals surface area (Å²) in [5.41, 5.74) is 0.0616. The monoisotopic (exact) mass is 320 g/mol. The summed E-state index contributed by atoms with van der Waals surface area (Å²) in [6.07, 6.45) is 0.194. The van der Waals surface area contributed by atoms with Gasteiger partial charge in [0, 0.05) is 5.82 Å². The molecule has 1 aliphatic rings. The Morgan fingerprint density at radius 1 is 1.09 bits per heavy atom. The Kier molecular flexibility index (Phi) is 5.06. The minimum Gasteiger partial charge on any atom is -0.497 e. The molecule has 0 saturated carbocycles. The van der Waals surface area contributed by atoms with Crippen LogP contribution in [0.4, 0.5) is 0 Å². The Labute approximate surface area is 138 Å². The van der Waals surface area contributed by atoms with Crippen LogP contribution in [0.2, 0.25) is 0 Å². The molecule has 0 N–H and O–H groups in total. The van der Waals surface area contributed by atoms with Crippen molar-refractivity contribution in [2.45, 2.75) is 51.1 Å². The van der Waals surface area contributed by atoms with Gasteiger partial charge in [0.25, 0.3) is 0 Å². The van der Waals surface area contributed by atoms with Crippen LogP contribution in [-0.2, 0) is 18.8 Å². The van der Waals surface area contributed by atoms with E-state index in [4.69, 9.17) is 18.8 Å². The topological polar surface area (TPSA) is 54.0 Å². The first-order chi connectivity index (χ1) is 10.7. The molecule has 126 valence electrons. The third kappa shape index (κ3) is 3.70. The standard InChI is InChI=1S/C17H25BO5/c1-16(2)17(3,4)23-18(22-16)14(11-15(19)21-6)12-7-9-13(20-5)10-8-12/h7-10,14H,11H2,1-6H3. The van der Waals surface area contributed by atoms with Crippen molar-refractivity contribution in [2.75, 3.05) is 14.2 Å². The van der Waals surface area contributed by atoms with Crippen LogP contribution in [0.5, 0.6) is 5.75 Å². The molecule has 1 aromatic rings. The molecular weight excluding hydrogens is 295 g/mol. The molecule has 1 atom stereocenters. The van der Waals surface area contributed by atoms with Gasteiger partial charge in [0.15, 0.2) is 0 Å². The fourth-order valence-corrected chi connectivity index (χ4v) is 2.54. The predicted molar refractivity (Wildman–Crippen MR) is 88.5 cm³/mol. The first kappa shape index (κ1) is 17.8. The molecule has 23 heavy (non-hydrogen) atoms. The molecule has 0 bridgehead atoms. The van der Waals surface area contributed by atoms with Crippen LogP contribution in [0.1, 0.15) is 45.5 Å². The quantitative estimate of drug-likeness (QED) is 0.617. The van der Waals surface area contributed by atoms with Crippen molar-refractivity contribution >= 4 is 13.1 Å². The lowest BCUT2D eigenvalue weighted by atomic mass is 9.66. The van der Waals surface area contributed by atoms with Crippen molar-refractivity contribution in [1.29, 1.82) is 0 Å². The molecule has 0 aromatic heterocycles. The minimum absolute atomic E-state index is 0.194. The number of hydrogen-bond donors (Lipinski definition) is 0. The molecule has 5 nitrogen and oxygen atoms in total. The lowest BCUT2D eigenvalue weighted by Crippen LogP contribution is -2.41. The molecule has 1 unspecified atom stereocenters. The Hall–Kier alpha value is -1.53. The van der Waals surface area contributed by atoms with E-state index in [0.717, 1.165) is 11.3 Å². The summed E-state index contributed by atoms with van der Waals surface area (Å²) in [6, 6.07) is 7.59. The molecule has 6 heteroatoms. The summed E-state index contributed by atoms with van der Waals surface area (Å²) in [7, 11) is 2.50. The van der Waals surface area contributed by atoms with E-state index in [-0.39, 0.29) is 18.2 Å². The van der Waals surface area contributed by atoms with Crippen molar-refractivity contribution in [3.05, 3.63) is 29.8 Å². The first-order valence-corrected chi connectivity index (χ1v) is 7.76. The van der Waals surface area contributed by atoms with Crippen molar-refractivity contribution in [1.82, 2.24) is 0 Å². The van der Waals surface area contributed by atoms with E-state index in [1.165, 1.54) is 7.11 Å². The Morgan fingerprint density at radius 3 is 2.04 bits per heavy atom. The summed E-state index contributed by atoms with van der Waals surface area (Å²) in [5.74, 6) is 0.231. The second-order valence-corrected chi connectivity index (χ2v) is 6.78. The van der Waals surface area contributed by atoms with Crippen LogP contribution >= 0.6 is 0 Å². The van der Waals surface area contributed by atoms with Crippen LogP contribution in [0.3, 0.4) is 0 Å². The van der Waals surface area contributed by atoms with Gasteiger partial charge in [0.05, 0.1) is 31.8 Å². The summed E-state index contributed by atoms with van der Waals surface area (Å²) in [5, 5.41) is 0. The number of carbonyl (C=O) groups is 1. The van der Waals surface area contributed by atoms with E-state index in [1.54, 1.807) is 7.11 Å². The van der Waals surface area contributed by atoms with E-state index in [1.807, 2.05) is 52.0 Å². The highest BCUT2D eigenvalue weighted by molar-refractivity contribution is 6.48. The molecule has 2 rings (SSSR count). The van der Waals surface area contributed by atoms with Crippen LogP contribution in [0, 0.1) is 0 Å². The number of benzene rings is 1. The zero-order chi connectivity index (χ0) is 17.3. The van der Waals surface area contributed by atoms with Gasteiger partial charge in [-0.25, -0.2) is 0 Å². The summed E-state index contributed by atoms with van der Waals surface area (Å²) in [6.45, 7) is 7.99. The molecule has 1 aliphatic heterocycles. The van der Waals surface area contributed by atoms with Crippen LogP contribution < -0.4 is 4.74 Å². The maximum Gasteiger partial charge on any atom is 0.466 e. The van der Waals surface area contributed by atoms with Gasteiger partial charge >= 0.3 is 13.1 Å². The Bertz CT molecular complexity index is 537.